The van der Waals surface area contributed by atoms with Gasteiger partial charge in [-0.1, -0.05) is 77.6 Å². The molecule has 0 saturated carbocycles. The minimum Gasteiger partial charge on any atom is -0.481 e. The summed E-state index contributed by atoms with van der Waals surface area (Å²) in [6.45, 7) is 2.89. The molecule has 0 heterocycles. The molecule has 0 aliphatic carbocycles. The van der Waals surface area contributed by atoms with Crippen LogP contribution in [-0.2, 0) is 19.2 Å². The Kier molecular flexibility index (Phi) is 23.1. The standard InChI is InChI=1S/C28H52N2O6/c1-24(28(35)36)18-14-16-22-29-26(32)20-15-17-23-30-25(31)19-12-10-8-6-4-2-3-5-7-9-11-13-21-27(33)34/h24H,2-23H2,1H3,(H,29,32)(H,30,31)(H,33,34)(H,35,36)/t24-/m0/s1. The van der Waals surface area contributed by atoms with Crippen LogP contribution in [-0.4, -0.2) is 47.1 Å². The normalized spacial score (nSPS) is 11.7. The van der Waals surface area contributed by atoms with E-state index in [1.165, 1.54) is 44.9 Å². The second-order valence-electron chi connectivity index (χ2n) is 10.0. The van der Waals surface area contributed by atoms with E-state index in [-0.39, 0.29) is 17.7 Å². The summed E-state index contributed by atoms with van der Waals surface area (Å²) in [7, 11) is 0. The predicted octanol–water partition coefficient (Wildman–Crippen LogP) is 5.83. The minimum atomic E-state index is -0.774. The third-order valence-corrected chi connectivity index (χ3v) is 6.50. The highest BCUT2D eigenvalue weighted by Crippen LogP contribution is 2.13. The van der Waals surface area contributed by atoms with E-state index in [0.29, 0.717) is 38.8 Å². The van der Waals surface area contributed by atoms with E-state index < -0.39 is 11.9 Å². The molecule has 0 fully saturated rings. The van der Waals surface area contributed by atoms with Crippen LogP contribution in [0.15, 0.2) is 0 Å². The lowest BCUT2D eigenvalue weighted by molar-refractivity contribution is -0.141. The fraction of sp³-hybridized carbons (Fsp3) is 0.857. The lowest BCUT2D eigenvalue weighted by Gasteiger charge is -2.08. The molecular weight excluding hydrogens is 460 g/mol. The van der Waals surface area contributed by atoms with Gasteiger partial charge < -0.3 is 20.8 Å². The SMILES string of the molecule is C[C@@H](CCCCNC(=O)CCCCNC(=O)CCCCCCCCCCCCCCC(=O)O)C(=O)O. The van der Waals surface area contributed by atoms with E-state index in [1.807, 2.05) is 0 Å². The number of unbranched alkanes of at least 4 members (excludes halogenated alkanes) is 13. The summed E-state index contributed by atoms with van der Waals surface area (Å²) >= 11 is 0. The number of hydrogen-bond donors (Lipinski definition) is 4. The van der Waals surface area contributed by atoms with E-state index in [1.54, 1.807) is 6.92 Å². The van der Waals surface area contributed by atoms with Gasteiger partial charge in [-0.2, -0.15) is 0 Å². The number of hydrogen-bond acceptors (Lipinski definition) is 4. The monoisotopic (exact) mass is 512 g/mol. The molecule has 0 bridgehead atoms. The van der Waals surface area contributed by atoms with Crippen molar-refractivity contribution in [1.29, 1.82) is 0 Å². The van der Waals surface area contributed by atoms with Gasteiger partial charge in [-0.25, -0.2) is 0 Å². The predicted molar refractivity (Wildman–Crippen MR) is 143 cm³/mol. The van der Waals surface area contributed by atoms with Crippen molar-refractivity contribution in [2.45, 2.75) is 135 Å². The highest BCUT2D eigenvalue weighted by Gasteiger charge is 2.09. The Bertz CT molecular complexity index is 597. The molecule has 0 spiro atoms. The van der Waals surface area contributed by atoms with Crippen LogP contribution < -0.4 is 10.6 Å². The van der Waals surface area contributed by atoms with E-state index in [2.05, 4.69) is 10.6 Å². The zero-order valence-electron chi connectivity index (χ0n) is 22.7. The maximum atomic E-state index is 11.9. The first kappa shape index (κ1) is 33.9. The van der Waals surface area contributed by atoms with Crippen LogP contribution in [0.3, 0.4) is 0 Å². The van der Waals surface area contributed by atoms with E-state index in [0.717, 1.165) is 57.8 Å². The number of rotatable bonds is 26. The number of carbonyl (C=O) groups excluding carboxylic acids is 2. The van der Waals surface area contributed by atoms with Crippen molar-refractivity contribution in [2.24, 2.45) is 5.92 Å². The average molecular weight is 513 g/mol. The molecule has 0 aliphatic rings. The van der Waals surface area contributed by atoms with Crippen molar-refractivity contribution in [3.8, 4) is 0 Å². The van der Waals surface area contributed by atoms with Crippen LogP contribution in [0.1, 0.15) is 135 Å². The van der Waals surface area contributed by atoms with Crippen LogP contribution in [0.5, 0.6) is 0 Å². The van der Waals surface area contributed by atoms with Crippen molar-refractivity contribution < 1.29 is 29.4 Å². The lowest BCUT2D eigenvalue weighted by Crippen LogP contribution is -2.26. The second-order valence-corrected chi connectivity index (χ2v) is 10.0. The maximum Gasteiger partial charge on any atom is 0.306 e. The summed E-state index contributed by atoms with van der Waals surface area (Å²) in [5, 5.41) is 23.2. The molecule has 0 saturated heterocycles. The van der Waals surface area contributed by atoms with E-state index >= 15 is 0 Å². The number of carbonyl (C=O) groups is 4. The van der Waals surface area contributed by atoms with Crippen LogP contribution in [0, 0.1) is 5.92 Å². The first-order valence-electron chi connectivity index (χ1n) is 14.3. The summed E-state index contributed by atoms with van der Waals surface area (Å²) in [5.74, 6) is -1.69. The Labute approximate surface area is 218 Å². The molecule has 8 nitrogen and oxygen atoms in total. The summed E-state index contributed by atoms with van der Waals surface area (Å²) in [5.41, 5.74) is 0. The highest BCUT2D eigenvalue weighted by atomic mass is 16.4. The van der Waals surface area contributed by atoms with Gasteiger partial charge in [0.2, 0.25) is 11.8 Å². The number of carboxylic acids is 2. The Morgan fingerprint density at radius 3 is 1.31 bits per heavy atom. The van der Waals surface area contributed by atoms with Gasteiger partial charge >= 0.3 is 11.9 Å². The molecule has 0 aromatic carbocycles. The Morgan fingerprint density at radius 1 is 0.528 bits per heavy atom. The molecule has 8 heteroatoms. The molecule has 4 N–H and O–H groups in total. The van der Waals surface area contributed by atoms with Gasteiger partial charge in [-0.3, -0.25) is 19.2 Å². The van der Waals surface area contributed by atoms with Gasteiger partial charge in [0.05, 0.1) is 5.92 Å². The summed E-state index contributed by atoms with van der Waals surface area (Å²) in [6, 6.07) is 0. The van der Waals surface area contributed by atoms with Gasteiger partial charge in [0.15, 0.2) is 0 Å². The zero-order chi connectivity index (χ0) is 26.9. The molecule has 0 aliphatic heterocycles. The molecule has 0 aromatic rings. The first-order chi connectivity index (χ1) is 17.3. The maximum absolute atomic E-state index is 11.9. The van der Waals surface area contributed by atoms with Crippen molar-refractivity contribution in [3.05, 3.63) is 0 Å². The molecule has 1 atom stereocenters. The zero-order valence-corrected chi connectivity index (χ0v) is 22.7. The van der Waals surface area contributed by atoms with Crippen molar-refractivity contribution >= 4 is 23.8 Å². The van der Waals surface area contributed by atoms with Crippen LogP contribution >= 0.6 is 0 Å². The molecule has 0 rings (SSSR count). The number of carboxylic acid groups (broad SMARTS) is 2. The van der Waals surface area contributed by atoms with Gasteiger partial charge in [-0.05, 0) is 38.5 Å². The van der Waals surface area contributed by atoms with Gasteiger partial charge in [0.1, 0.15) is 0 Å². The fourth-order valence-electron chi connectivity index (χ4n) is 4.07. The van der Waals surface area contributed by atoms with Crippen molar-refractivity contribution in [1.82, 2.24) is 10.6 Å². The Hall–Kier alpha value is -2.12. The number of aliphatic carboxylic acids is 2. The Morgan fingerprint density at radius 2 is 0.889 bits per heavy atom. The van der Waals surface area contributed by atoms with Crippen LogP contribution in [0.2, 0.25) is 0 Å². The molecule has 36 heavy (non-hydrogen) atoms. The highest BCUT2D eigenvalue weighted by molar-refractivity contribution is 5.76. The minimum absolute atomic E-state index is 0.0144. The first-order valence-corrected chi connectivity index (χ1v) is 14.3. The molecular formula is C28H52N2O6. The Balaban J connectivity index is 3.33. The fourth-order valence-corrected chi connectivity index (χ4v) is 4.07. The molecule has 210 valence electrons. The molecule has 0 radical (unpaired) electrons. The van der Waals surface area contributed by atoms with Crippen molar-refractivity contribution in [2.75, 3.05) is 13.1 Å². The van der Waals surface area contributed by atoms with Gasteiger partial charge in [-0.15, -0.1) is 0 Å². The van der Waals surface area contributed by atoms with Gasteiger partial charge in [0, 0.05) is 32.4 Å². The number of amides is 2. The lowest BCUT2D eigenvalue weighted by atomic mass is 10.0. The third-order valence-electron chi connectivity index (χ3n) is 6.50. The van der Waals surface area contributed by atoms with E-state index in [4.69, 9.17) is 10.2 Å². The molecule has 2 amide bonds. The van der Waals surface area contributed by atoms with Crippen LogP contribution in [0.25, 0.3) is 0 Å². The molecule has 0 unspecified atom stereocenters. The average Bonchev–Trinajstić information content (AvgIpc) is 2.83. The smallest absolute Gasteiger partial charge is 0.306 e. The number of nitrogens with one attached hydrogen (secondary N) is 2. The summed E-state index contributed by atoms with van der Waals surface area (Å²) in [4.78, 5) is 44.9. The quantitative estimate of drug-likeness (QED) is 0.108. The summed E-state index contributed by atoms with van der Waals surface area (Å²) in [6.07, 6.45) is 18.7. The topological polar surface area (TPSA) is 133 Å². The van der Waals surface area contributed by atoms with Gasteiger partial charge in [0.25, 0.3) is 0 Å². The van der Waals surface area contributed by atoms with E-state index in [9.17, 15) is 19.2 Å². The van der Waals surface area contributed by atoms with Crippen molar-refractivity contribution in [3.63, 3.8) is 0 Å². The summed E-state index contributed by atoms with van der Waals surface area (Å²) < 4.78 is 0. The third kappa shape index (κ3) is 25.0. The second kappa shape index (κ2) is 24.6. The van der Waals surface area contributed by atoms with Crippen LogP contribution in [0.4, 0.5) is 0 Å². The molecule has 0 aromatic heterocycles. The largest absolute Gasteiger partial charge is 0.481 e.